The van der Waals surface area contributed by atoms with Gasteiger partial charge in [-0.25, -0.2) is 4.39 Å². The van der Waals surface area contributed by atoms with Crippen molar-refractivity contribution in [1.82, 2.24) is 4.90 Å². The van der Waals surface area contributed by atoms with Crippen LogP contribution in [0.2, 0.25) is 0 Å². The van der Waals surface area contributed by atoms with Crippen molar-refractivity contribution in [3.05, 3.63) is 29.6 Å². The Hall–Kier alpha value is -2.68. The minimum atomic E-state index is -0.636. The van der Waals surface area contributed by atoms with E-state index in [1.165, 1.54) is 0 Å². The Bertz CT molecular complexity index is 905. The van der Waals surface area contributed by atoms with Crippen LogP contribution in [0.5, 0.6) is 0 Å². The molecule has 1 aromatic rings. The van der Waals surface area contributed by atoms with E-state index < -0.39 is 5.97 Å². The van der Waals surface area contributed by atoms with Crippen molar-refractivity contribution in [3.8, 4) is 0 Å². The van der Waals surface area contributed by atoms with Crippen molar-refractivity contribution in [2.24, 2.45) is 23.5 Å². The molecule has 1 aromatic carbocycles. The maximum atomic E-state index is 15.1. The highest BCUT2D eigenvalue weighted by Gasteiger charge is 2.33. The molecule has 0 bridgehead atoms. The first-order chi connectivity index (χ1) is 16.9. The predicted octanol–water partition coefficient (Wildman–Crippen LogP) is 3.71. The fourth-order valence-corrected chi connectivity index (χ4v) is 5.69. The summed E-state index contributed by atoms with van der Waals surface area (Å²) < 4.78 is 25.6. The van der Waals surface area contributed by atoms with Crippen LogP contribution in [0.4, 0.5) is 10.1 Å². The number of carbonyl (C=O) groups excluding carboxylic acids is 2. The second kappa shape index (κ2) is 13.0. The highest BCUT2D eigenvalue weighted by molar-refractivity contribution is 5.94. The van der Waals surface area contributed by atoms with Crippen LogP contribution < -0.4 is 10.6 Å². The van der Waals surface area contributed by atoms with E-state index >= 15 is 4.39 Å². The number of anilines is 1. The standard InChI is InChI=1S/C26H37FN4O4.CH4/c27-25-21(17-35-24(32)16-23(28)29)2-1-3-22(25)30-10-4-18(5-11-30)19-6-12-31(13-7-19)26(33)20-8-14-34-15-9-20;/h1-3,18-20H,4-17H2,(H3,28,29);1H4. The first kappa shape index (κ1) is 27.9. The van der Waals surface area contributed by atoms with Crippen LogP contribution in [-0.2, 0) is 25.7 Å². The summed E-state index contributed by atoms with van der Waals surface area (Å²) in [5.41, 5.74) is 6.07. The molecule has 3 saturated heterocycles. The van der Waals surface area contributed by atoms with Gasteiger partial charge < -0.3 is 25.0 Å². The zero-order valence-corrected chi connectivity index (χ0v) is 20.3. The molecule has 0 saturated carbocycles. The average Bonchev–Trinajstić information content (AvgIpc) is 2.88. The van der Waals surface area contributed by atoms with Crippen LogP contribution in [-0.4, -0.2) is 62.0 Å². The van der Waals surface area contributed by atoms with Gasteiger partial charge >= 0.3 is 5.97 Å². The predicted molar refractivity (Wildman–Crippen MR) is 137 cm³/mol. The van der Waals surface area contributed by atoms with Crippen molar-refractivity contribution >= 4 is 23.4 Å². The number of hydrogen-bond acceptors (Lipinski definition) is 6. The van der Waals surface area contributed by atoms with Gasteiger partial charge in [0, 0.05) is 50.9 Å². The maximum Gasteiger partial charge on any atom is 0.313 e. The summed E-state index contributed by atoms with van der Waals surface area (Å²) in [5.74, 6) is 0.391. The number of hydrogen-bond donors (Lipinski definition) is 2. The molecule has 36 heavy (non-hydrogen) atoms. The number of piperidine rings is 2. The molecule has 3 N–H and O–H groups in total. The lowest BCUT2D eigenvalue weighted by atomic mass is 9.78. The SMILES string of the molecule is C.N=C(N)CC(=O)OCc1cccc(N2CCC(C3CCN(C(=O)C4CCOCC4)CC3)CC2)c1F. The molecule has 3 heterocycles. The monoisotopic (exact) mass is 504 g/mol. The average molecular weight is 505 g/mol. The van der Waals surface area contributed by atoms with Crippen LogP contribution in [0, 0.1) is 29.0 Å². The molecule has 4 rings (SSSR count). The third-order valence-corrected chi connectivity index (χ3v) is 7.75. The molecule has 200 valence electrons. The molecule has 0 radical (unpaired) electrons. The Morgan fingerprint density at radius 3 is 2.25 bits per heavy atom. The van der Waals surface area contributed by atoms with E-state index in [4.69, 9.17) is 20.6 Å². The number of amides is 1. The number of likely N-dealkylation sites (tertiary alicyclic amines) is 1. The normalized spacial score (nSPS) is 20.0. The Balaban J connectivity index is 0.00000361. The van der Waals surface area contributed by atoms with Crippen LogP contribution >= 0.6 is 0 Å². The highest BCUT2D eigenvalue weighted by Crippen LogP contribution is 2.35. The molecule has 0 unspecified atom stereocenters. The molecule has 8 nitrogen and oxygen atoms in total. The van der Waals surface area contributed by atoms with Crippen molar-refractivity contribution in [2.75, 3.05) is 44.3 Å². The minimum Gasteiger partial charge on any atom is -0.460 e. The van der Waals surface area contributed by atoms with Gasteiger partial charge in [0.25, 0.3) is 0 Å². The quantitative estimate of drug-likeness (QED) is 0.333. The van der Waals surface area contributed by atoms with E-state index in [-0.39, 0.29) is 38.0 Å². The molecule has 9 heteroatoms. The van der Waals surface area contributed by atoms with E-state index in [2.05, 4.69) is 9.80 Å². The summed E-state index contributed by atoms with van der Waals surface area (Å²) in [5, 5.41) is 7.15. The Kier molecular flexibility index (Phi) is 10.1. The summed E-state index contributed by atoms with van der Waals surface area (Å²) in [6.07, 6.45) is 5.51. The van der Waals surface area contributed by atoms with Crippen LogP contribution in [0.3, 0.4) is 0 Å². The van der Waals surface area contributed by atoms with Gasteiger partial charge in [0.1, 0.15) is 18.9 Å². The molecule has 1 amide bonds. The number of carbonyl (C=O) groups is 2. The van der Waals surface area contributed by atoms with Gasteiger partial charge in [0.05, 0.1) is 5.69 Å². The Morgan fingerprint density at radius 1 is 1.03 bits per heavy atom. The molecule has 3 aliphatic heterocycles. The molecule has 0 aromatic heterocycles. The number of rotatable bonds is 7. The number of amidine groups is 1. The molecule has 3 aliphatic rings. The van der Waals surface area contributed by atoms with Gasteiger partial charge in [0.15, 0.2) is 5.82 Å². The van der Waals surface area contributed by atoms with Crippen molar-refractivity contribution < 1.29 is 23.5 Å². The Morgan fingerprint density at radius 2 is 1.64 bits per heavy atom. The van der Waals surface area contributed by atoms with Gasteiger partial charge in [-0.3, -0.25) is 15.0 Å². The second-order valence-corrected chi connectivity index (χ2v) is 9.99. The molecule has 0 spiro atoms. The summed E-state index contributed by atoms with van der Waals surface area (Å²) in [6.45, 7) is 4.49. The van der Waals surface area contributed by atoms with Crippen molar-refractivity contribution in [3.63, 3.8) is 0 Å². The fourth-order valence-electron chi connectivity index (χ4n) is 5.69. The van der Waals surface area contributed by atoms with Gasteiger partial charge in [-0.15, -0.1) is 0 Å². The zero-order valence-electron chi connectivity index (χ0n) is 20.3. The lowest BCUT2D eigenvalue weighted by molar-refractivity contribution is -0.143. The molecule has 0 aliphatic carbocycles. The third-order valence-electron chi connectivity index (χ3n) is 7.75. The topological polar surface area (TPSA) is 109 Å². The van der Waals surface area contributed by atoms with Crippen molar-refractivity contribution in [1.29, 1.82) is 5.41 Å². The van der Waals surface area contributed by atoms with E-state index in [0.29, 0.717) is 42.2 Å². The van der Waals surface area contributed by atoms with Gasteiger partial charge in [-0.05, 0) is 56.4 Å². The Labute approximate surface area is 213 Å². The number of nitrogens with zero attached hydrogens (tertiary/aromatic N) is 2. The van der Waals surface area contributed by atoms with Crippen LogP contribution in [0.15, 0.2) is 18.2 Å². The molecular weight excluding hydrogens is 463 g/mol. The number of benzene rings is 1. The molecule has 0 atom stereocenters. The molecule has 3 fully saturated rings. The van der Waals surface area contributed by atoms with Gasteiger partial charge in [-0.1, -0.05) is 19.6 Å². The summed E-state index contributed by atoms with van der Waals surface area (Å²) in [7, 11) is 0. The maximum absolute atomic E-state index is 15.1. The number of esters is 1. The number of nitrogens with two attached hydrogens (primary N) is 1. The smallest absolute Gasteiger partial charge is 0.313 e. The fraction of sp³-hybridized carbons (Fsp3) is 0.667. The minimum absolute atomic E-state index is 0. The largest absolute Gasteiger partial charge is 0.460 e. The van der Waals surface area contributed by atoms with E-state index in [1.807, 2.05) is 0 Å². The lowest BCUT2D eigenvalue weighted by Crippen LogP contribution is -2.45. The van der Waals surface area contributed by atoms with Crippen LogP contribution in [0.1, 0.15) is 57.9 Å². The number of ether oxygens (including phenoxy) is 2. The molecular formula is C27H41FN4O4. The van der Waals surface area contributed by atoms with Gasteiger partial charge in [0.2, 0.25) is 5.91 Å². The van der Waals surface area contributed by atoms with E-state index in [0.717, 1.165) is 64.7 Å². The number of halogens is 1. The van der Waals surface area contributed by atoms with Gasteiger partial charge in [-0.2, -0.15) is 0 Å². The third kappa shape index (κ3) is 6.96. The first-order valence-corrected chi connectivity index (χ1v) is 12.8. The summed E-state index contributed by atoms with van der Waals surface area (Å²) in [4.78, 5) is 28.6. The summed E-state index contributed by atoms with van der Waals surface area (Å²) in [6, 6.07) is 5.17. The van der Waals surface area contributed by atoms with Crippen molar-refractivity contribution in [2.45, 2.75) is 59.0 Å². The van der Waals surface area contributed by atoms with E-state index in [9.17, 15) is 9.59 Å². The zero-order chi connectivity index (χ0) is 24.8. The first-order valence-electron chi connectivity index (χ1n) is 12.8. The second-order valence-electron chi connectivity index (χ2n) is 9.99. The lowest BCUT2D eigenvalue weighted by Gasteiger charge is -2.41. The highest BCUT2D eigenvalue weighted by atomic mass is 19.1. The number of nitrogens with one attached hydrogen (secondary N) is 1. The summed E-state index contributed by atoms with van der Waals surface area (Å²) >= 11 is 0. The van der Waals surface area contributed by atoms with E-state index in [1.54, 1.807) is 18.2 Å². The van der Waals surface area contributed by atoms with Crippen LogP contribution in [0.25, 0.3) is 0 Å².